The number of carbonyl (C=O) groups is 2. The van der Waals surface area contributed by atoms with Crippen molar-refractivity contribution in [2.45, 2.75) is 19.9 Å². The fourth-order valence-electron chi connectivity index (χ4n) is 4.62. The quantitative estimate of drug-likeness (QED) is 0.613. The van der Waals surface area contributed by atoms with Gasteiger partial charge in [-0.1, -0.05) is 36.4 Å². The molecule has 1 fully saturated rings. The molecule has 2 aromatic rings. The zero-order chi connectivity index (χ0) is 24.1. The van der Waals surface area contributed by atoms with Crippen LogP contribution in [0.15, 0.2) is 59.8 Å². The first-order valence-corrected chi connectivity index (χ1v) is 11.6. The summed E-state index contributed by atoms with van der Waals surface area (Å²) in [6.07, 6.45) is 0. The second-order valence-corrected chi connectivity index (χ2v) is 8.44. The number of rotatable bonds is 7. The lowest BCUT2D eigenvalue weighted by Crippen LogP contribution is -2.52. The van der Waals surface area contributed by atoms with Crippen LogP contribution in [-0.4, -0.2) is 63.3 Å². The van der Waals surface area contributed by atoms with Gasteiger partial charge in [-0.2, -0.15) is 0 Å². The minimum atomic E-state index is -0.660. The third-order valence-corrected chi connectivity index (χ3v) is 6.31. The Balaban J connectivity index is 1.59. The molecule has 1 saturated heterocycles. The van der Waals surface area contributed by atoms with Crippen LogP contribution in [0.3, 0.4) is 0 Å². The third-order valence-electron chi connectivity index (χ3n) is 6.31. The molecule has 2 N–H and O–H groups in total. The number of ether oxygens (including phenoxy) is 2. The van der Waals surface area contributed by atoms with Crippen molar-refractivity contribution >= 4 is 17.7 Å². The number of anilines is 1. The molecular formula is C26H32N4O4. The van der Waals surface area contributed by atoms with E-state index in [1.165, 1.54) is 11.3 Å². The Morgan fingerprint density at radius 3 is 2.47 bits per heavy atom. The molecule has 1 atom stereocenters. The summed E-state index contributed by atoms with van der Waals surface area (Å²) in [4.78, 5) is 30.3. The van der Waals surface area contributed by atoms with Crippen LogP contribution in [0.4, 0.5) is 10.5 Å². The van der Waals surface area contributed by atoms with Gasteiger partial charge in [0.1, 0.15) is 5.75 Å². The van der Waals surface area contributed by atoms with Crippen LogP contribution >= 0.6 is 0 Å². The second kappa shape index (κ2) is 10.6. The SMILES string of the molecule is CCOC(=O)C1=C(CN2CCN(c3ccccc3C)CC2)NC(=O)N[C@@H]1c1ccccc1OC. The molecular weight excluding hydrogens is 432 g/mol. The van der Waals surface area contributed by atoms with Gasteiger partial charge in [-0.05, 0) is 31.5 Å². The van der Waals surface area contributed by atoms with Crippen LogP contribution in [0.25, 0.3) is 0 Å². The predicted molar refractivity (Wildman–Crippen MR) is 131 cm³/mol. The van der Waals surface area contributed by atoms with E-state index in [0.29, 0.717) is 29.1 Å². The number of carbonyl (C=O) groups excluding carboxylic acids is 2. The van der Waals surface area contributed by atoms with E-state index >= 15 is 0 Å². The minimum Gasteiger partial charge on any atom is -0.496 e. The first kappa shape index (κ1) is 23.6. The van der Waals surface area contributed by atoms with Crippen LogP contribution < -0.4 is 20.3 Å². The van der Waals surface area contributed by atoms with Gasteiger partial charge in [0, 0.05) is 49.7 Å². The zero-order valence-corrected chi connectivity index (χ0v) is 20.0. The highest BCUT2D eigenvalue weighted by atomic mass is 16.5. The van der Waals surface area contributed by atoms with E-state index in [2.05, 4.69) is 51.6 Å². The van der Waals surface area contributed by atoms with Crippen molar-refractivity contribution in [3.8, 4) is 5.75 Å². The highest BCUT2D eigenvalue weighted by molar-refractivity contribution is 5.95. The van der Waals surface area contributed by atoms with Gasteiger partial charge in [0.15, 0.2) is 0 Å². The van der Waals surface area contributed by atoms with E-state index in [1.54, 1.807) is 14.0 Å². The van der Waals surface area contributed by atoms with Crippen molar-refractivity contribution in [3.63, 3.8) is 0 Å². The van der Waals surface area contributed by atoms with Gasteiger partial charge in [0.2, 0.25) is 0 Å². The monoisotopic (exact) mass is 464 g/mol. The van der Waals surface area contributed by atoms with Crippen molar-refractivity contribution in [2.75, 3.05) is 51.3 Å². The maximum absolute atomic E-state index is 13.1. The molecule has 180 valence electrons. The number of aryl methyl sites for hydroxylation is 1. The summed E-state index contributed by atoms with van der Waals surface area (Å²) >= 11 is 0. The largest absolute Gasteiger partial charge is 0.496 e. The molecule has 0 radical (unpaired) electrons. The molecule has 0 saturated carbocycles. The highest BCUT2D eigenvalue weighted by Gasteiger charge is 2.36. The topological polar surface area (TPSA) is 83.1 Å². The molecule has 2 aromatic carbocycles. The predicted octanol–water partition coefficient (Wildman–Crippen LogP) is 3.00. The third kappa shape index (κ3) is 5.02. The fourth-order valence-corrected chi connectivity index (χ4v) is 4.62. The van der Waals surface area contributed by atoms with E-state index in [4.69, 9.17) is 9.47 Å². The van der Waals surface area contributed by atoms with E-state index in [1.807, 2.05) is 24.3 Å². The van der Waals surface area contributed by atoms with Gasteiger partial charge >= 0.3 is 12.0 Å². The summed E-state index contributed by atoms with van der Waals surface area (Å²) in [5.41, 5.74) is 4.20. The molecule has 2 aliphatic rings. The Hall–Kier alpha value is -3.52. The van der Waals surface area contributed by atoms with E-state index in [9.17, 15) is 9.59 Å². The summed E-state index contributed by atoms with van der Waals surface area (Å²) in [6.45, 7) is 7.97. The molecule has 2 heterocycles. The Bertz CT molecular complexity index is 1080. The number of nitrogens with zero attached hydrogens (tertiary/aromatic N) is 2. The molecule has 8 nitrogen and oxygen atoms in total. The fraction of sp³-hybridized carbons (Fsp3) is 0.385. The Labute approximate surface area is 200 Å². The number of benzene rings is 2. The van der Waals surface area contributed by atoms with Crippen molar-refractivity contribution in [1.82, 2.24) is 15.5 Å². The van der Waals surface area contributed by atoms with E-state index in [-0.39, 0.29) is 12.6 Å². The molecule has 2 amide bonds. The van der Waals surface area contributed by atoms with E-state index < -0.39 is 12.0 Å². The molecule has 0 spiro atoms. The number of hydrogen-bond acceptors (Lipinski definition) is 6. The summed E-state index contributed by atoms with van der Waals surface area (Å²) in [5.74, 6) is 0.155. The van der Waals surface area contributed by atoms with Gasteiger partial charge in [-0.25, -0.2) is 9.59 Å². The van der Waals surface area contributed by atoms with Gasteiger partial charge in [0.25, 0.3) is 0 Å². The summed E-state index contributed by atoms with van der Waals surface area (Å²) in [5, 5.41) is 5.76. The van der Waals surface area contributed by atoms with Crippen LogP contribution in [-0.2, 0) is 9.53 Å². The average molecular weight is 465 g/mol. The lowest BCUT2D eigenvalue weighted by molar-refractivity contribution is -0.139. The Morgan fingerprint density at radius 2 is 1.76 bits per heavy atom. The number of urea groups is 1. The number of methoxy groups -OCH3 is 1. The van der Waals surface area contributed by atoms with Crippen molar-refractivity contribution in [1.29, 1.82) is 0 Å². The van der Waals surface area contributed by atoms with Crippen LogP contribution in [0, 0.1) is 6.92 Å². The second-order valence-electron chi connectivity index (χ2n) is 8.44. The van der Waals surface area contributed by atoms with Crippen molar-refractivity contribution in [2.24, 2.45) is 0 Å². The molecule has 34 heavy (non-hydrogen) atoms. The molecule has 0 aliphatic carbocycles. The van der Waals surface area contributed by atoms with Crippen LogP contribution in [0.2, 0.25) is 0 Å². The highest BCUT2D eigenvalue weighted by Crippen LogP contribution is 2.34. The first-order valence-electron chi connectivity index (χ1n) is 11.6. The number of esters is 1. The number of amides is 2. The standard InChI is InChI=1S/C26H32N4O4/c1-4-34-25(31)23-20(27-26(32)28-24(23)19-10-6-8-12-22(19)33-3)17-29-13-15-30(16-14-29)21-11-7-5-9-18(21)2/h5-12,24H,4,13-17H2,1-3H3,(H2,27,28,32)/t24-/m1/s1. The Morgan fingerprint density at radius 1 is 1.06 bits per heavy atom. The van der Waals surface area contributed by atoms with Crippen LogP contribution in [0.1, 0.15) is 24.1 Å². The molecule has 0 unspecified atom stereocenters. The maximum atomic E-state index is 13.1. The zero-order valence-electron chi connectivity index (χ0n) is 20.0. The molecule has 0 bridgehead atoms. The lowest BCUT2D eigenvalue weighted by atomic mass is 9.94. The van der Waals surface area contributed by atoms with Gasteiger partial charge in [-0.3, -0.25) is 4.90 Å². The summed E-state index contributed by atoms with van der Waals surface area (Å²) in [6, 6.07) is 14.8. The summed E-state index contributed by atoms with van der Waals surface area (Å²) < 4.78 is 10.9. The number of para-hydroxylation sites is 2. The normalized spacial score (nSPS) is 18.9. The lowest BCUT2D eigenvalue weighted by Gasteiger charge is -2.38. The average Bonchev–Trinajstić information content (AvgIpc) is 2.84. The number of hydrogen-bond donors (Lipinski definition) is 2. The molecule has 2 aliphatic heterocycles. The molecule has 0 aromatic heterocycles. The van der Waals surface area contributed by atoms with Gasteiger partial charge in [0.05, 0.1) is 25.3 Å². The minimum absolute atomic E-state index is 0.247. The summed E-state index contributed by atoms with van der Waals surface area (Å²) in [7, 11) is 1.57. The van der Waals surface area contributed by atoms with E-state index in [0.717, 1.165) is 26.2 Å². The van der Waals surface area contributed by atoms with Gasteiger partial charge < -0.3 is 25.0 Å². The smallest absolute Gasteiger partial charge is 0.338 e. The molecule has 4 rings (SSSR count). The number of piperazine rings is 1. The first-order chi connectivity index (χ1) is 16.5. The van der Waals surface area contributed by atoms with Gasteiger partial charge in [-0.15, -0.1) is 0 Å². The maximum Gasteiger partial charge on any atom is 0.338 e. The van der Waals surface area contributed by atoms with Crippen molar-refractivity contribution in [3.05, 3.63) is 70.9 Å². The van der Waals surface area contributed by atoms with Crippen LogP contribution in [0.5, 0.6) is 5.75 Å². The molecule has 8 heteroatoms. The van der Waals surface area contributed by atoms with Crippen molar-refractivity contribution < 1.29 is 19.1 Å². The Kier molecular flexibility index (Phi) is 7.37. The number of nitrogens with one attached hydrogen (secondary N) is 2.